The number of piperidine rings is 1. The third kappa shape index (κ3) is 3.00. The summed E-state index contributed by atoms with van der Waals surface area (Å²) in [6.07, 6.45) is 4.05. The highest BCUT2D eigenvalue weighted by molar-refractivity contribution is 5.78. The number of guanidine groups is 1. The van der Waals surface area contributed by atoms with Crippen molar-refractivity contribution in [2.45, 2.75) is 39.8 Å². The predicted molar refractivity (Wildman–Crippen MR) is 71.0 cm³/mol. The summed E-state index contributed by atoms with van der Waals surface area (Å²) in [6.45, 7) is 7.64. The largest absolute Gasteiger partial charge is 0.370 e. The fraction of sp³-hybridized carbons (Fsp3) is 0.750. The minimum Gasteiger partial charge on any atom is -0.370 e. The molecule has 1 aliphatic rings. The van der Waals surface area contributed by atoms with Crippen molar-refractivity contribution in [3.05, 3.63) is 12.2 Å². The van der Waals surface area contributed by atoms with Gasteiger partial charge in [-0.15, -0.1) is 0 Å². The van der Waals surface area contributed by atoms with Crippen molar-refractivity contribution in [1.82, 2.24) is 19.7 Å². The maximum atomic E-state index is 6.04. The molecule has 0 bridgehead atoms. The zero-order valence-corrected chi connectivity index (χ0v) is 11.2. The van der Waals surface area contributed by atoms with Crippen LogP contribution in [0.1, 0.15) is 32.5 Å². The average molecular weight is 250 g/mol. The van der Waals surface area contributed by atoms with Crippen LogP contribution in [0.25, 0.3) is 0 Å². The SMILES string of the molecule is CCn1ncnc1CN=C(N)N1CCCC(C)C1. The Morgan fingerprint density at radius 2 is 2.44 bits per heavy atom. The Bertz CT molecular complexity index is 410. The summed E-state index contributed by atoms with van der Waals surface area (Å²) in [5, 5.41) is 4.12. The molecule has 0 aromatic carbocycles. The van der Waals surface area contributed by atoms with Gasteiger partial charge < -0.3 is 10.6 Å². The molecule has 1 unspecified atom stereocenters. The minimum atomic E-state index is 0.505. The van der Waals surface area contributed by atoms with E-state index < -0.39 is 0 Å². The standard InChI is InChI=1S/C12H22N6/c1-3-18-11(15-9-16-18)7-14-12(13)17-6-4-5-10(2)8-17/h9-10H,3-8H2,1-2H3,(H2,13,14). The van der Waals surface area contributed by atoms with Crippen LogP contribution >= 0.6 is 0 Å². The van der Waals surface area contributed by atoms with Crippen LogP contribution in [-0.2, 0) is 13.1 Å². The van der Waals surface area contributed by atoms with Crippen LogP contribution < -0.4 is 5.73 Å². The lowest BCUT2D eigenvalue weighted by atomic mass is 10.0. The number of hydrogen-bond acceptors (Lipinski definition) is 3. The number of aliphatic imine (C=N–C) groups is 1. The van der Waals surface area contributed by atoms with E-state index in [1.165, 1.54) is 12.8 Å². The first-order valence-corrected chi connectivity index (χ1v) is 6.62. The number of aryl methyl sites for hydroxylation is 1. The smallest absolute Gasteiger partial charge is 0.191 e. The highest BCUT2D eigenvalue weighted by Gasteiger charge is 2.17. The lowest BCUT2D eigenvalue weighted by Gasteiger charge is -2.31. The number of nitrogens with zero attached hydrogens (tertiary/aromatic N) is 5. The molecule has 0 spiro atoms. The second-order valence-corrected chi connectivity index (χ2v) is 4.86. The molecule has 18 heavy (non-hydrogen) atoms. The number of likely N-dealkylation sites (tertiary alicyclic amines) is 1. The molecule has 1 aromatic heterocycles. The van der Waals surface area contributed by atoms with Crippen molar-refractivity contribution in [2.24, 2.45) is 16.6 Å². The number of rotatable bonds is 3. The van der Waals surface area contributed by atoms with E-state index in [9.17, 15) is 0 Å². The first-order valence-electron chi connectivity index (χ1n) is 6.62. The maximum absolute atomic E-state index is 6.04. The highest BCUT2D eigenvalue weighted by Crippen LogP contribution is 2.15. The molecule has 0 aliphatic carbocycles. The maximum Gasteiger partial charge on any atom is 0.191 e. The van der Waals surface area contributed by atoms with E-state index in [1.54, 1.807) is 6.33 Å². The summed E-state index contributed by atoms with van der Waals surface area (Å²) in [4.78, 5) is 10.8. The summed E-state index contributed by atoms with van der Waals surface area (Å²) in [7, 11) is 0. The number of hydrogen-bond donors (Lipinski definition) is 1. The van der Waals surface area contributed by atoms with Crippen molar-refractivity contribution in [1.29, 1.82) is 0 Å². The van der Waals surface area contributed by atoms with E-state index in [4.69, 9.17) is 5.73 Å². The Labute approximate surface area is 108 Å². The van der Waals surface area contributed by atoms with Gasteiger partial charge in [0.15, 0.2) is 5.96 Å². The van der Waals surface area contributed by atoms with Crippen LogP contribution in [-0.4, -0.2) is 38.7 Å². The first-order chi connectivity index (χ1) is 8.70. The summed E-state index contributed by atoms with van der Waals surface area (Å²) >= 11 is 0. The first kappa shape index (κ1) is 12.9. The third-order valence-electron chi connectivity index (χ3n) is 3.36. The molecule has 2 heterocycles. The molecule has 1 fully saturated rings. The molecular formula is C12H22N6. The van der Waals surface area contributed by atoms with E-state index in [0.29, 0.717) is 18.4 Å². The van der Waals surface area contributed by atoms with Crippen LogP contribution in [0.3, 0.4) is 0 Å². The minimum absolute atomic E-state index is 0.505. The van der Waals surface area contributed by atoms with Gasteiger partial charge in [-0.2, -0.15) is 5.10 Å². The quantitative estimate of drug-likeness (QED) is 0.637. The molecule has 2 N–H and O–H groups in total. The van der Waals surface area contributed by atoms with Gasteiger partial charge in [0, 0.05) is 19.6 Å². The van der Waals surface area contributed by atoms with Crippen LogP contribution in [0.2, 0.25) is 0 Å². The summed E-state index contributed by atoms with van der Waals surface area (Å²) in [5.41, 5.74) is 6.04. The zero-order valence-electron chi connectivity index (χ0n) is 11.2. The fourth-order valence-corrected chi connectivity index (χ4v) is 2.32. The van der Waals surface area contributed by atoms with Crippen molar-refractivity contribution < 1.29 is 0 Å². The second kappa shape index (κ2) is 5.84. The van der Waals surface area contributed by atoms with Crippen LogP contribution in [0, 0.1) is 5.92 Å². The molecule has 1 saturated heterocycles. The monoisotopic (exact) mass is 250 g/mol. The Balaban J connectivity index is 1.96. The molecular weight excluding hydrogens is 228 g/mol. The van der Waals surface area contributed by atoms with Crippen molar-refractivity contribution in [3.63, 3.8) is 0 Å². The Morgan fingerprint density at radius 3 is 3.17 bits per heavy atom. The van der Waals surface area contributed by atoms with Gasteiger partial charge in [0.2, 0.25) is 0 Å². The molecule has 0 radical (unpaired) electrons. The molecule has 0 saturated carbocycles. The second-order valence-electron chi connectivity index (χ2n) is 4.86. The van der Waals surface area contributed by atoms with E-state index in [-0.39, 0.29) is 0 Å². The van der Waals surface area contributed by atoms with E-state index >= 15 is 0 Å². The van der Waals surface area contributed by atoms with Gasteiger partial charge in [0.05, 0.1) is 0 Å². The Kier molecular flexibility index (Phi) is 4.17. The van der Waals surface area contributed by atoms with Crippen LogP contribution in [0.4, 0.5) is 0 Å². The lowest BCUT2D eigenvalue weighted by molar-refractivity contribution is 0.270. The van der Waals surface area contributed by atoms with Crippen molar-refractivity contribution in [2.75, 3.05) is 13.1 Å². The third-order valence-corrected chi connectivity index (χ3v) is 3.36. The van der Waals surface area contributed by atoms with Gasteiger partial charge in [0.1, 0.15) is 18.7 Å². The fourth-order valence-electron chi connectivity index (χ4n) is 2.32. The topological polar surface area (TPSA) is 72.3 Å². The van der Waals surface area contributed by atoms with E-state index in [1.807, 2.05) is 11.6 Å². The molecule has 1 atom stereocenters. The summed E-state index contributed by atoms with van der Waals surface area (Å²) in [6, 6.07) is 0. The van der Waals surface area contributed by atoms with Crippen LogP contribution in [0.5, 0.6) is 0 Å². The van der Waals surface area contributed by atoms with Crippen LogP contribution in [0.15, 0.2) is 11.3 Å². The molecule has 2 rings (SSSR count). The normalized spacial score (nSPS) is 21.3. The Morgan fingerprint density at radius 1 is 1.61 bits per heavy atom. The molecule has 6 nitrogen and oxygen atoms in total. The number of nitrogens with two attached hydrogens (primary N) is 1. The zero-order chi connectivity index (χ0) is 13.0. The molecule has 0 amide bonds. The van der Waals surface area contributed by atoms with E-state index in [2.05, 4.69) is 26.9 Å². The molecule has 1 aliphatic heterocycles. The average Bonchev–Trinajstić information content (AvgIpc) is 2.83. The summed E-state index contributed by atoms with van der Waals surface area (Å²) < 4.78 is 1.84. The highest BCUT2D eigenvalue weighted by atomic mass is 15.3. The Hall–Kier alpha value is -1.59. The molecule has 6 heteroatoms. The van der Waals surface area contributed by atoms with Gasteiger partial charge >= 0.3 is 0 Å². The lowest BCUT2D eigenvalue weighted by Crippen LogP contribution is -2.43. The van der Waals surface area contributed by atoms with Crippen molar-refractivity contribution in [3.8, 4) is 0 Å². The predicted octanol–water partition coefficient (Wildman–Crippen LogP) is 0.845. The van der Waals surface area contributed by atoms with Gasteiger partial charge in [0.25, 0.3) is 0 Å². The summed E-state index contributed by atoms with van der Waals surface area (Å²) in [5.74, 6) is 2.20. The van der Waals surface area contributed by atoms with Gasteiger partial charge in [-0.05, 0) is 25.7 Å². The van der Waals surface area contributed by atoms with Gasteiger partial charge in [-0.25, -0.2) is 14.7 Å². The van der Waals surface area contributed by atoms with Gasteiger partial charge in [-0.1, -0.05) is 6.92 Å². The molecule has 100 valence electrons. The van der Waals surface area contributed by atoms with Crippen molar-refractivity contribution >= 4 is 5.96 Å². The van der Waals surface area contributed by atoms with Gasteiger partial charge in [-0.3, -0.25) is 0 Å². The van der Waals surface area contributed by atoms with E-state index in [0.717, 1.165) is 25.5 Å². The molecule has 1 aromatic rings. The number of aromatic nitrogens is 3.